The zero-order valence-electron chi connectivity index (χ0n) is 19.3. The Hall–Kier alpha value is -3.45. The molecule has 7 heteroatoms. The topological polar surface area (TPSA) is 37.3 Å². The number of benzene rings is 3. The van der Waals surface area contributed by atoms with Crippen LogP contribution in [0.2, 0.25) is 0 Å². The van der Waals surface area contributed by atoms with Crippen LogP contribution in [0.15, 0.2) is 84.0 Å². The summed E-state index contributed by atoms with van der Waals surface area (Å²) in [4.78, 5) is 2.47. The van der Waals surface area contributed by atoms with Crippen LogP contribution in [0, 0.1) is 0 Å². The van der Waals surface area contributed by atoms with Crippen molar-refractivity contribution < 1.29 is 18.3 Å². The van der Waals surface area contributed by atoms with E-state index in [1.807, 2.05) is 18.2 Å². The number of nitrogens with zero attached hydrogens (tertiary/aromatic N) is 3. The monoisotopic (exact) mass is 475 g/mol. The van der Waals surface area contributed by atoms with Crippen molar-refractivity contribution in [3.63, 3.8) is 0 Å². The molecule has 0 radical (unpaired) electrons. The van der Waals surface area contributed by atoms with Gasteiger partial charge >= 0.3 is 6.61 Å². The van der Waals surface area contributed by atoms with Gasteiger partial charge < -0.3 is 9.47 Å². The van der Waals surface area contributed by atoms with Crippen molar-refractivity contribution >= 4 is 5.71 Å². The lowest BCUT2D eigenvalue weighted by molar-refractivity contribution is -0.150. The zero-order valence-corrected chi connectivity index (χ0v) is 19.3. The van der Waals surface area contributed by atoms with Crippen LogP contribution < -0.4 is 9.47 Å². The Morgan fingerprint density at radius 3 is 2.40 bits per heavy atom. The summed E-state index contributed by atoms with van der Waals surface area (Å²) in [5.74, 6) is 1.08. The van der Waals surface area contributed by atoms with E-state index in [1.165, 1.54) is 5.56 Å². The second-order valence-corrected chi connectivity index (χ2v) is 9.36. The first-order chi connectivity index (χ1) is 17.1. The first-order valence-electron chi connectivity index (χ1n) is 12.1. The lowest BCUT2D eigenvalue weighted by Crippen LogP contribution is -2.59. The average molecular weight is 476 g/mol. The standard InChI is InChI=1S/C28H27F2N3O2/c29-27(30)34-22-12-10-21(11-13-22)24-18-25-23-8-4-5-9-26(23)35-28(33(25)31-24)14-16-32(17-15-28)19-20-6-2-1-3-7-20/h1-13,25,27H,14-19H2/t25-/m1/s1. The van der Waals surface area contributed by atoms with Gasteiger partial charge in [0.15, 0.2) is 0 Å². The molecule has 0 saturated carbocycles. The molecule has 6 rings (SSSR count). The van der Waals surface area contributed by atoms with Gasteiger partial charge in [-0.3, -0.25) is 4.90 Å². The van der Waals surface area contributed by atoms with E-state index in [2.05, 4.69) is 51.0 Å². The van der Waals surface area contributed by atoms with Gasteiger partial charge in [-0.05, 0) is 41.5 Å². The average Bonchev–Trinajstić information content (AvgIpc) is 3.33. The number of para-hydroxylation sites is 1. The molecular formula is C28H27F2N3O2. The van der Waals surface area contributed by atoms with Crippen molar-refractivity contribution in [3.8, 4) is 11.5 Å². The maximum Gasteiger partial charge on any atom is 0.387 e. The van der Waals surface area contributed by atoms with Crippen LogP contribution in [0.3, 0.4) is 0 Å². The number of hydrazone groups is 1. The molecule has 3 aromatic carbocycles. The summed E-state index contributed by atoms with van der Waals surface area (Å²) < 4.78 is 36.3. The number of likely N-dealkylation sites (tertiary alicyclic amines) is 1. The van der Waals surface area contributed by atoms with Gasteiger partial charge in [0.25, 0.3) is 0 Å². The number of rotatable bonds is 5. The third-order valence-electron chi connectivity index (χ3n) is 7.20. The van der Waals surface area contributed by atoms with Gasteiger partial charge in [0.1, 0.15) is 11.5 Å². The first-order valence-corrected chi connectivity index (χ1v) is 12.1. The van der Waals surface area contributed by atoms with Crippen molar-refractivity contribution in [2.45, 2.75) is 44.2 Å². The minimum atomic E-state index is -2.83. The van der Waals surface area contributed by atoms with Gasteiger partial charge in [0.2, 0.25) is 5.72 Å². The number of alkyl halides is 2. The molecular weight excluding hydrogens is 448 g/mol. The van der Waals surface area contributed by atoms with Crippen molar-refractivity contribution in [2.75, 3.05) is 13.1 Å². The summed E-state index contributed by atoms with van der Waals surface area (Å²) in [5.41, 5.74) is 3.81. The molecule has 0 bridgehead atoms. The molecule has 1 fully saturated rings. The molecule has 0 aliphatic carbocycles. The third kappa shape index (κ3) is 4.25. The van der Waals surface area contributed by atoms with Gasteiger partial charge in [0.05, 0.1) is 11.8 Å². The second-order valence-electron chi connectivity index (χ2n) is 9.36. The Morgan fingerprint density at radius 2 is 1.66 bits per heavy atom. The lowest BCUT2D eigenvalue weighted by Gasteiger charge is -2.51. The number of ether oxygens (including phenoxy) is 2. The summed E-state index contributed by atoms with van der Waals surface area (Å²) >= 11 is 0. The van der Waals surface area contributed by atoms with E-state index in [0.29, 0.717) is 0 Å². The molecule has 180 valence electrons. The predicted octanol–water partition coefficient (Wildman–Crippen LogP) is 5.82. The molecule has 3 aromatic rings. The number of hydrogen-bond donors (Lipinski definition) is 0. The minimum absolute atomic E-state index is 0.0904. The van der Waals surface area contributed by atoms with Gasteiger partial charge in [0, 0.05) is 44.5 Å². The number of halogens is 2. The first kappa shape index (κ1) is 22.0. The SMILES string of the molecule is FC(F)Oc1ccc(C2=NN3[C@H](C2)c2ccccc2OC32CCN(Cc3ccccc3)CC2)cc1. The molecule has 0 N–H and O–H groups in total. The van der Waals surface area contributed by atoms with E-state index in [0.717, 1.165) is 61.5 Å². The molecule has 0 aromatic heterocycles. The normalized spacial score (nSPS) is 20.8. The molecule has 3 heterocycles. The minimum Gasteiger partial charge on any atom is -0.466 e. The zero-order chi connectivity index (χ0) is 23.8. The van der Waals surface area contributed by atoms with E-state index in [9.17, 15) is 8.78 Å². The third-order valence-corrected chi connectivity index (χ3v) is 7.20. The molecule has 1 saturated heterocycles. The highest BCUT2D eigenvalue weighted by molar-refractivity contribution is 6.02. The van der Waals surface area contributed by atoms with Gasteiger partial charge in [-0.2, -0.15) is 13.9 Å². The highest BCUT2D eigenvalue weighted by Gasteiger charge is 2.51. The Kier molecular flexibility index (Phi) is 5.65. The van der Waals surface area contributed by atoms with Gasteiger partial charge in [-0.1, -0.05) is 48.5 Å². The van der Waals surface area contributed by atoms with E-state index >= 15 is 0 Å². The fourth-order valence-corrected chi connectivity index (χ4v) is 5.46. The molecule has 5 nitrogen and oxygen atoms in total. The van der Waals surface area contributed by atoms with E-state index in [-0.39, 0.29) is 11.8 Å². The maximum absolute atomic E-state index is 12.5. The predicted molar refractivity (Wildman–Crippen MR) is 130 cm³/mol. The van der Waals surface area contributed by atoms with Gasteiger partial charge in [-0.25, -0.2) is 5.01 Å². The largest absolute Gasteiger partial charge is 0.466 e. The highest BCUT2D eigenvalue weighted by Crippen LogP contribution is 2.50. The molecule has 3 aliphatic rings. The number of piperidine rings is 1. The Balaban J connectivity index is 1.26. The summed E-state index contributed by atoms with van der Waals surface area (Å²) in [7, 11) is 0. The Morgan fingerprint density at radius 1 is 0.943 bits per heavy atom. The second kappa shape index (κ2) is 8.96. The van der Waals surface area contributed by atoms with E-state index < -0.39 is 12.3 Å². The fourth-order valence-electron chi connectivity index (χ4n) is 5.46. The summed E-state index contributed by atoms with van der Waals surface area (Å²) in [6, 6.07) is 25.6. The molecule has 1 spiro atoms. The van der Waals surface area contributed by atoms with Crippen LogP contribution >= 0.6 is 0 Å². The van der Waals surface area contributed by atoms with Crippen LogP contribution in [0.4, 0.5) is 8.78 Å². The number of fused-ring (bicyclic) bond motifs is 4. The molecule has 1 atom stereocenters. The summed E-state index contributed by atoms with van der Waals surface area (Å²) in [6.45, 7) is -0.0615. The van der Waals surface area contributed by atoms with Crippen molar-refractivity contribution in [3.05, 3.63) is 95.6 Å². The van der Waals surface area contributed by atoms with E-state index in [4.69, 9.17) is 9.84 Å². The quantitative estimate of drug-likeness (QED) is 0.466. The molecule has 35 heavy (non-hydrogen) atoms. The van der Waals surface area contributed by atoms with Crippen molar-refractivity contribution in [2.24, 2.45) is 5.10 Å². The van der Waals surface area contributed by atoms with Crippen LogP contribution in [0.1, 0.15) is 42.0 Å². The molecule has 0 unspecified atom stereocenters. The Bertz CT molecular complexity index is 1210. The fraction of sp³-hybridized carbons (Fsp3) is 0.321. The van der Waals surface area contributed by atoms with Crippen LogP contribution in [0.25, 0.3) is 0 Å². The smallest absolute Gasteiger partial charge is 0.387 e. The van der Waals surface area contributed by atoms with Crippen molar-refractivity contribution in [1.82, 2.24) is 9.91 Å². The van der Waals surface area contributed by atoms with Crippen LogP contribution in [-0.4, -0.2) is 41.0 Å². The molecule has 3 aliphatic heterocycles. The Labute approximate surface area is 203 Å². The highest BCUT2D eigenvalue weighted by atomic mass is 19.3. The van der Waals surface area contributed by atoms with Crippen LogP contribution in [-0.2, 0) is 6.54 Å². The summed E-state index contributed by atoms with van der Waals surface area (Å²) in [6.07, 6.45) is 2.44. The lowest BCUT2D eigenvalue weighted by atomic mass is 9.90. The van der Waals surface area contributed by atoms with E-state index in [1.54, 1.807) is 24.3 Å². The maximum atomic E-state index is 12.5. The molecule has 0 amide bonds. The van der Waals surface area contributed by atoms with Gasteiger partial charge in [-0.15, -0.1) is 0 Å². The van der Waals surface area contributed by atoms with Crippen molar-refractivity contribution in [1.29, 1.82) is 0 Å². The van der Waals surface area contributed by atoms with Crippen LogP contribution in [0.5, 0.6) is 11.5 Å². The summed E-state index contributed by atoms with van der Waals surface area (Å²) in [5, 5.41) is 7.25. The number of hydrogen-bond acceptors (Lipinski definition) is 5.